The SMILES string of the molecule is CC(N)C(=O)NC(CCCCN)C(=O)NC(Cc1ccccc1)C(=O)N1CCCC1C(=O)O. The van der Waals surface area contributed by atoms with Gasteiger partial charge in [-0.2, -0.15) is 0 Å². The summed E-state index contributed by atoms with van der Waals surface area (Å²) in [7, 11) is 0. The highest BCUT2D eigenvalue weighted by atomic mass is 16.4. The molecular weight excluding hydrogens is 426 g/mol. The molecule has 0 bridgehead atoms. The third kappa shape index (κ3) is 7.83. The molecule has 7 N–H and O–H groups in total. The smallest absolute Gasteiger partial charge is 0.326 e. The highest BCUT2D eigenvalue weighted by Gasteiger charge is 2.38. The zero-order valence-corrected chi connectivity index (χ0v) is 19.0. The third-order valence-electron chi connectivity index (χ3n) is 5.71. The van der Waals surface area contributed by atoms with Gasteiger partial charge in [0.15, 0.2) is 0 Å². The fourth-order valence-corrected chi connectivity index (χ4v) is 3.87. The molecule has 0 saturated carbocycles. The Kier molecular flexibility index (Phi) is 10.3. The van der Waals surface area contributed by atoms with E-state index in [1.807, 2.05) is 30.3 Å². The average Bonchev–Trinajstić information content (AvgIpc) is 3.28. The molecule has 0 spiro atoms. The molecule has 1 aromatic rings. The lowest BCUT2D eigenvalue weighted by Gasteiger charge is -2.29. The highest BCUT2D eigenvalue weighted by molar-refractivity contribution is 5.94. The van der Waals surface area contributed by atoms with Crippen molar-refractivity contribution in [2.45, 2.75) is 69.6 Å². The number of benzene rings is 1. The number of rotatable bonds is 12. The molecule has 182 valence electrons. The molecule has 0 aromatic heterocycles. The standard InChI is InChI=1S/C23H35N5O5/c1-15(25)20(29)26-17(10-5-6-12-24)21(30)27-18(14-16-8-3-2-4-9-16)22(31)28-13-7-11-19(28)23(32)33/h2-4,8-9,15,17-19H,5-7,10-14,24-25H2,1H3,(H,26,29)(H,27,30)(H,32,33). The molecular formula is C23H35N5O5. The first-order chi connectivity index (χ1) is 15.7. The van der Waals surface area contributed by atoms with Crippen molar-refractivity contribution in [2.75, 3.05) is 13.1 Å². The molecule has 1 aliphatic heterocycles. The Morgan fingerprint density at radius 2 is 1.76 bits per heavy atom. The zero-order valence-electron chi connectivity index (χ0n) is 19.0. The van der Waals surface area contributed by atoms with E-state index in [9.17, 15) is 24.3 Å². The predicted octanol–water partition coefficient (Wildman–Crippen LogP) is -0.249. The molecule has 33 heavy (non-hydrogen) atoms. The van der Waals surface area contributed by atoms with Gasteiger partial charge in [0.05, 0.1) is 6.04 Å². The average molecular weight is 462 g/mol. The van der Waals surface area contributed by atoms with Gasteiger partial charge in [-0.05, 0) is 51.1 Å². The number of nitrogens with one attached hydrogen (secondary N) is 2. The normalized spacial score (nSPS) is 18.3. The van der Waals surface area contributed by atoms with Crippen LogP contribution in [0.2, 0.25) is 0 Å². The molecule has 3 amide bonds. The van der Waals surface area contributed by atoms with E-state index in [1.165, 1.54) is 11.8 Å². The van der Waals surface area contributed by atoms with E-state index in [-0.39, 0.29) is 6.42 Å². The minimum atomic E-state index is -1.06. The van der Waals surface area contributed by atoms with Crippen molar-refractivity contribution in [3.8, 4) is 0 Å². The predicted molar refractivity (Wildman–Crippen MR) is 123 cm³/mol. The summed E-state index contributed by atoms with van der Waals surface area (Å²) in [5, 5.41) is 14.9. The van der Waals surface area contributed by atoms with Crippen LogP contribution in [0.1, 0.15) is 44.6 Å². The van der Waals surface area contributed by atoms with Crippen LogP contribution in [0.4, 0.5) is 0 Å². The number of unbranched alkanes of at least 4 members (excludes halogenated alkanes) is 1. The van der Waals surface area contributed by atoms with Crippen LogP contribution >= 0.6 is 0 Å². The van der Waals surface area contributed by atoms with Crippen LogP contribution in [0.3, 0.4) is 0 Å². The van der Waals surface area contributed by atoms with Gasteiger partial charge in [0.1, 0.15) is 18.1 Å². The Morgan fingerprint density at radius 3 is 2.36 bits per heavy atom. The van der Waals surface area contributed by atoms with E-state index in [4.69, 9.17) is 11.5 Å². The fourth-order valence-electron chi connectivity index (χ4n) is 3.87. The molecule has 1 aliphatic rings. The van der Waals surface area contributed by atoms with Gasteiger partial charge in [-0.3, -0.25) is 14.4 Å². The minimum Gasteiger partial charge on any atom is -0.480 e. The van der Waals surface area contributed by atoms with Crippen LogP contribution in [0.25, 0.3) is 0 Å². The topological polar surface area (TPSA) is 168 Å². The van der Waals surface area contributed by atoms with Crippen LogP contribution in [0.15, 0.2) is 30.3 Å². The number of carbonyl (C=O) groups excluding carboxylic acids is 3. The van der Waals surface area contributed by atoms with Crippen molar-refractivity contribution in [2.24, 2.45) is 11.5 Å². The largest absolute Gasteiger partial charge is 0.480 e. The second-order valence-corrected chi connectivity index (χ2v) is 8.41. The zero-order chi connectivity index (χ0) is 24.4. The van der Waals surface area contributed by atoms with E-state index < -0.39 is 47.9 Å². The van der Waals surface area contributed by atoms with Gasteiger partial charge in [-0.25, -0.2) is 4.79 Å². The highest BCUT2D eigenvalue weighted by Crippen LogP contribution is 2.20. The number of hydrogen-bond acceptors (Lipinski definition) is 6. The van der Waals surface area contributed by atoms with Crippen LogP contribution in [-0.4, -0.2) is 71.0 Å². The van der Waals surface area contributed by atoms with E-state index in [1.54, 1.807) is 0 Å². The van der Waals surface area contributed by atoms with Gasteiger partial charge in [0, 0.05) is 13.0 Å². The molecule has 0 radical (unpaired) electrons. The van der Waals surface area contributed by atoms with Crippen LogP contribution in [0.5, 0.6) is 0 Å². The number of carboxylic acids is 1. The molecule has 1 heterocycles. The summed E-state index contributed by atoms with van der Waals surface area (Å²) in [6.45, 7) is 2.29. The Hall–Kier alpha value is -2.98. The first-order valence-electron chi connectivity index (χ1n) is 11.4. The van der Waals surface area contributed by atoms with Crippen molar-refractivity contribution in [3.05, 3.63) is 35.9 Å². The fraction of sp³-hybridized carbons (Fsp3) is 0.565. The quantitative estimate of drug-likeness (QED) is 0.267. The summed E-state index contributed by atoms with van der Waals surface area (Å²) in [5.74, 6) is -2.49. The van der Waals surface area contributed by atoms with Crippen molar-refractivity contribution in [1.29, 1.82) is 0 Å². The van der Waals surface area contributed by atoms with Crippen molar-refractivity contribution in [1.82, 2.24) is 15.5 Å². The van der Waals surface area contributed by atoms with Gasteiger partial charge in [0.2, 0.25) is 17.7 Å². The number of carbonyl (C=O) groups is 4. The Labute approximate surface area is 194 Å². The van der Waals surface area contributed by atoms with E-state index in [0.29, 0.717) is 45.2 Å². The Bertz CT molecular complexity index is 817. The summed E-state index contributed by atoms with van der Waals surface area (Å²) >= 11 is 0. The first kappa shape index (κ1) is 26.3. The minimum absolute atomic E-state index is 0.199. The van der Waals surface area contributed by atoms with Gasteiger partial charge >= 0.3 is 5.97 Å². The number of likely N-dealkylation sites (tertiary alicyclic amines) is 1. The second-order valence-electron chi connectivity index (χ2n) is 8.41. The Balaban J connectivity index is 2.22. The van der Waals surface area contributed by atoms with Gasteiger partial charge < -0.3 is 32.1 Å². The first-order valence-corrected chi connectivity index (χ1v) is 11.4. The summed E-state index contributed by atoms with van der Waals surface area (Å²) in [6, 6.07) is 5.61. The number of nitrogens with zero attached hydrogens (tertiary/aromatic N) is 1. The number of hydrogen-bond donors (Lipinski definition) is 5. The second kappa shape index (κ2) is 12.9. The molecule has 10 nitrogen and oxygen atoms in total. The molecule has 2 rings (SSSR count). The molecule has 1 fully saturated rings. The van der Waals surface area contributed by atoms with Gasteiger partial charge in [-0.1, -0.05) is 30.3 Å². The maximum absolute atomic E-state index is 13.3. The molecule has 0 aliphatic carbocycles. The number of amides is 3. The van der Waals surface area contributed by atoms with Gasteiger partial charge in [0.25, 0.3) is 0 Å². The summed E-state index contributed by atoms with van der Waals surface area (Å²) in [4.78, 5) is 51.6. The van der Waals surface area contributed by atoms with E-state index in [0.717, 1.165) is 5.56 Å². The molecule has 1 aromatic carbocycles. The van der Waals surface area contributed by atoms with E-state index in [2.05, 4.69) is 10.6 Å². The van der Waals surface area contributed by atoms with Crippen LogP contribution in [-0.2, 0) is 25.6 Å². The lowest BCUT2D eigenvalue weighted by Crippen LogP contribution is -2.57. The van der Waals surface area contributed by atoms with Crippen molar-refractivity contribution < 1.29 is 24.3 Å². The lowest BCUT2D eigenvalue weighted by atomic mass is 10.0. The third-order valence-corrected chi connectivity index (χ3v) is 5.71. The molecule has 1 saturated heterocycles. The monoisotopic (exact) mass is 461 g/mol. The summed E-state index contributed by atoms with van der Waals surface area (Å²) in [6.07, 6.45) is 2.79. The van der Waals surface area contributed by atoms with Crippen LogP contribution in [0, 0.1) is 0 Å². The maximum Gasteiger partial charge on any atom is 0.326 e. The Morgan fingerprint density at radius 1 is 1.09 bits per heavy atom. The summed E-state index contributed by atoms with van der Waals surface area (Å²) < 4.78 is 0. The van der Waals surface area contributed by atoms with Crippen LogP contribution < -0.4 is 22.1 Å². The van der Waals surface area contributed by atoms with E-state index >= 15 is 0 Å². The maximum atomic E-state index is 13.3. The lowest BCUT2D eigenvalue weighted by molar-refractivity contribution is -0.149. The number of nitrogens with two attached hydrogens (primary N) is 2. The summed E-state index contributed by atoms with van der Waals surface area (Å²) in [5.41, 5.74) is 12.0. The number of carboxylic acid groups (broad SMARTS) is 1. The van der Waals surface area contributed by atoms with Crippen molar-refractivity contribution in [3.63, 3.8) is 0 Å². The van der Waals surface area contributed by atoms with Gasteiger partial charge in [-0.15, -0.1) is 0 Å². The van der Waals surface area contributed by atoms with Crippen molar-refractivity contribution >= 4 is 23.7 Å². The number of aliphatic carboxylic acids is 1. The molecule has 4 atom stereocenters. The molecule has 4 unspecified atom stereocenters. The molecule has 10 heteroatoms.